The van der Waals surface area contributed by atoms with E-state index in [1.807, 2.05) is 25.1 Å². The maximum Gasteiger partial charge on any atom is 0.251 e. The highest BCUT2D eigenvalue weighted by Crippen LogP contribution is 2.27. The van der Waals surface area contributed by atoms with Gasteiger partial charge in [-0.05, 0) is 56.5 Å². The Morgan fingerprint density at radius 1 is 1.12 bits per heavy atom. The van der Waals surface area contributed by atoms with Gasteiger partial charge < -0.3 is 9.88 Å². The van der Waals surface area contributed by atoms with E-state index in [1.165, 1.54) is 22.3 Å². The second-order valence-corrected chi connectivity index (χ2v) is 6.80. The van der Waals surface area contributed by atoms with Crippen molar-refractivity contribution >= 4 is 16.8 Å². The van der Waals surface area contributed by atoms with E-state index in [1.54, 1.807) is 0 Å². The van der Waals surface area contributed by atoms with Crippen LogP contribution in [-0.4, -0.2) is 16.5 Å². The van der Waals surface area contributed by atoms with Gasteiger partial charge >= 0.3 is 0 Å². The van der Waals surface area contributed by atoms with E-state index in [9.17, 15) is 4.79 Å². The number of benzene rings is 2. The van der Waals surface area contributed by atoms with Gasteiger partial charge in [0.25, 0.3) is 5.91 Å². The predicted octanol–water partition coefficient (Wildman–Crippen LogP) is 4.83. The fourth-order valence-electron chi connectivity index (χ4n) is 3.17. The summed E-state index contributed by atoms with van der Waals surface area (Å²) >= 11 is 0. The van der Waals surface area contributed by atoms with Crippen LogP contribution in [-0.2, 0) is 6.54 Å². The molecule has 0 aliphatic heterocycles. The molecule has 0 saturated carbocycles. The molecule has 0 fully saturated rings. The van der Waals surface area contributed by atoms with Crippen molar-refractivity contribution in [1.29, 1.82) is 0 Å². The molecule has 0 aliphatic rings. The van der Waals surface area contributed by atoms with Gasteiger partial charge in [0.2, 0.25) is 0 Å². The molecule has 0 bridgehead atoms. The third-order valence-electron chi connectivity index (χ3n) is 5.07. The largest absolute Gasteiger partial charge is 0.350 e. The van der Waals surface area contributed by atoms with Crippen molar-refractivity contribution in [3.8, 4) is 0 Å². The topological polar surface area (TPSA) is 34.0 Å². The number of hydrogen-bond donors (Lipinski definition) is 1. The Morgan fingerprint density at radius 3 is 2.52 bits per heavy atom. The lowest BCUT2D eigenvalue weighted by Gasteiger charge is -2.12. The summed E-state index contributed by atoms with van der Waals surface area (Å²) in [5, 5.41) is 4.20. The molecule has 1 N–H and O–H groups in total. The first-order chi connectivity index (χ1) is 12.0. The van der Waals surface area contributed by atoms with E-state index in [2.05, 4.69) is 61.0 Å². The van der Waals surface area contributed by atoms with Crippen LogP contribution >= 0.6 is 0 Å². The first-order valence-corrected chi connectivity index (χ1v) is 8.95. The van der Waals surface area contributed by atoms with Gasteiger partial charge in [-0.15, -0.1) is 0 Å². The lowest BCUT2D eigenvalue weighted by Crippen LogP contribution is -2.31. The monoisotopic (exact) mass is 334 g/mol. The van der Waals surface area contributed by atoms with E-state index in [0.29, 0.717) is 0 Å². The van der Waals surface area contributed by atoms with E-state index in [0.717, 1.165) is 23.9 Å². The Morgan fingerprint density at radius 2 is 1.84 bits per heavy atom. The van der Waals surface area contributed by atoms with E-state index < -0.39 is 0 Å². The average Bonchev–Trinajstić information content (AvgIpc) is 2.87. The van der Waals surface area contributed by atoms with Gasteiger partial charge in [-0.25, -0.2) is 0 Å². The molecular weight excluding hydrogens is 308 g/mol. The number of carbonyl (C=O) groups is 1. The normalized spacial score (nSPS) is 12.3. The average molecular weight is 334 g/mol. The second-order valence-electron chi connectivity index (χ2n) is 6.80. The summed E-state index contributed by atoms with van der Waals surface area (Å²) in [6, 6.07) is 16.7. The molecule has 0 radical (unpaired) electrons. The number of rotatable bonds is 5. The van der Waals surface area contributed by atoms with Crippen molar-refractivity contribution in [3.05, 3.63) is 70.9 Å². The lowest BCUT2D eigenvalue weighted by molar-refractivity contribution is 0.0939. The van der Waals surface area contributed by atoms with Gasteiger partial charge in [0.15, 0.2) is 0 Å². The molecule has 130 valence electrons. The highest BCUT2D eigenvalue weighted by molar-refractivity contribution is 5.99. The molecule has 0 saturated heterocycles. The van der Waals surface area contributed by atoms with Crippen molar-refractivity contribution in [2.45, 2.75) is 46.7 Å². The summed E-state index contributed by atoms with van der Waals surface area (Å²) in [7, 11) is 0. The molecule has 1 atom stereocenters. The molecule has 2 aromatic carbocycles. The first-order valence-electron chi connectivity index (χ1n) is 8.95. The van der Waals surface area contributed by atoms with Crippen LogP contribution in [0, 0.1) is 13.8 Å². The van der Waals surface area contributed by atoms with Crippen LogP contribution in [0.25, 0.3) is 10.9 Å². The van der Waals surface area contributed by atoms with Gasteiger partial charge in [-0.2, -0.15) is 0 Å². The second kappa shape index (κ2) is 7.14. The third-order valence-corrected chi connectivity index (χ3v) is 5.07. The van der Waals surface area contributed by atoms with E-state index in [4.69, 9.17) is 0 Å². The fourth-order valence-corrected chi connectivity index (χ4v) is 3.17. The molecule has 1 aromatic heterocycles. The summed E-state index contributed by atoms with van der Waals surface area (Å²) < 4.78 is 2.33. The van der Waals surface area contributed by atoms with Gasteiger partial charge in [0, 0.05) is 34.7 Å². The Balaban J connectivity index is 1.99. The SMILES string of the molecule is CC[C@@H](C)NC(=O)c1ccc2c(c1)c(C)c(C)n2Cc1ccccc1. The molecule has 3 rings (SSSR count). The summed E-state index contributed by atoms with van der Waals surface area (Å²) in [6.07, 6.45) is 0.930. The van der Waals surface area contributed by atoms with Crippen molar-refractivity contribution < 1.29 is 4.79 Å². The number of aryl methyl sites for hydroxylation is 1. The summed E-state index contributed by atoms with van der Waals surface area (Å²) in [5.41, 5.74) is 5.68. The van der Waals surface area contributed by atoms with Crippen molar-refractivity contribution in [2.24, 2.45) is 0 Å². The molecule has 1 heterocycles. The van der Waals surface area contributed by atoms with Crippen molar-refractivity contribution in [2.75, 3.05) is 0 Å². The Labute approximate surface area is 149 Å². The Hall–Kier alpha value is -2.55. The zero-order chi connectivity index (χ0) is 18.0. The summed E-state index contributed by atoms with van der Waals surface area (Å²) in [6.45, 7) is 9.23. The molecule has 0 spiro atoms. The number of fused-ring (bicyclic) bond motifs is 1. The smallest absolute Gasteiger partial charge is 0.251 e. The number of nitrogens with one attached hydrogen (secondary N) is 1. The van der Waals surface area contributed by atoms with Gasteiger partial charge in [0.1, 0.15) is 0 Å². The molecule has 25 heavy (non-hydrogen) atoms. The highest BCUT2D eigenvalue weighted by atomic mass is 16.1. The molecule has 0 aliphatic carbocycles. The van der Waals surface area contributed by atoms with Crippen LogP contribution in [0.3, 0.4) is 0 Å². The molecule has 0 unspecified atom stereocenters. The molecule has 3 aromatic rings. The number of carbonyl (C=O) groups excluding carboxylic acids is 1. The minimum Gasteiger partial charge on any atom is -0.350 e. The summed E-state index contributed by atoms with van der Waals surface area (Å²) in [5.74, 6) is 0.00381. The van der Waals surface area contributed by atoms with Gasteiger partial charge in [-0.3, -0.25) is 4.79 Å². The number of hydrogen-bond acceptors (Lipinski definition) is 1. The van der Waals surface area contributed by atoms with Crippen LogP contribution in [0.2, 0.25) is 0 Å². The first kappa shape index (κ1) is 17.3. The Bertz CT molecular complexity index is 893. The molecular formula is C22H26N2O. The highest BCUT2D eigenvalue weighted by Gasteiger charge is 2.15. The fraction of sp³-hybridized carbons (Fsp3) is 0.318. The maximum atomic E-state index is 12.4. The van der Waals surface area contributed by atoms with Crippen LogP contribution < -0.4 is 5.32 Å². The van der Waals surface area contributed by atoms with Crippen molar-refractivity contribution in [1.82, 2.24) is 9.88 Å². The van der Waals surface area contributed by atoms with Crippen LogP contribution in [0.5, 0.6) is 0 Å². The number of amides is 1. The zero-order valence-corrected chi connectivity index (χ0v) is 15.5. The third kappa shape index (κ3) is 3.46. The minimum absolute atomic E-state index is 0.00381. The molecule has 3 heteroatoms. The lowest BCUT2D eigenvalue weighted by atomic mass is 10.1. The number of nitrogens with zero attached hydrogens (tertiary/aromatic N) is 1. The van der Waals surface area contributed by atoms with E-state index >= 15 is 0 Å². The van der Waals surface area contributed by atoms with Crippen LogP contribution in [0.4, 0.5) is 0 Å². The molecule has 3 nitrogen and oxygen atoms in total. The zero-order valence-electron chi connectivity index (χ0n) is 15.5. The van der Waals surface area contributed by atoms with E-state index in [-0.39, 0.29) is 11.9 Å². The quantitative estimate of drug-likeness (QED) is 0.712. The van der Waals surface area contributed by atoms with Crippen LogP contribution in [0.15, 0.2) is 48.5 Å². The van der Waals surface area contributed by atoms with Gasteiger partial charge in [-0.1, -0.05) is 37.3 Å². The van der Waals surface area contributed by atoms with Gasteiger partial charge in [0.05, 0.1) is 0 Å². The maximum absolute atomic E-state index is 12.4. The Kier molecular flexibility index (Phi) is 4.93. The molecule has 1 amide bonds. The number of aromatic nitrogens is 1. The van der Waals surface area contributed by atoms with Crippen LogP contribution in [0.1, 0.15) is 47.4 Å². The predicted molar refractivity (Wildman–Crippen MR) is 104 cm³/mol. The van der Waals surface area contributed by atoms with Crippen molar-refractivity contribution in [3.63, 3.8) is 0 Å². The standard InChI is InChI=1S/C22H26N2O/c1-5-15(2)23-22(25)19-11-12-21-20(13-19)16(3)17(4)24(21)14-18-9-7-6-8-10-18/h6-13,15H,5,14H2,1-4H3,(H,23,25)/t15-/m1/s1. The summed E-state index contributed by atoms with van der Waals surface area (Å²) in [4.78, 5) is 12.4. The minimum atomic E-state index is 0.00381.